The number of fused-ring (bicyclic) bond motifs is 1. The topological polar surface area (TPSA) is 68.5 Å². The van der Waals surface area contributed by atoms with Crippen LogP contribution >= 0.6 is 0 Å². The van der Waals surface area contributed by atoms with Crippen LogP contribution in [0.25, 0.3) is 0 Å². The predicted molar refractivity (Wildman–Crippen MR) is 99.5 cm³/mol. The van der Waals surface area contributed by atoms with Crippen LogP contribution in [0.15, 0.2) is 16.7 Å². The summed E-state index contributed by atoms with van der Waals surface area (Å²) in [7, 11) is 0. The van der Waals surface area contributed by atoms with E-state index < -0.39 is 17.9 Å². The third-order valence-electron chi connectivity index (χ3n) is 6.10. The Balaban J connectivity index is 1.49. The lowest BCUT2D eigenvalue weighted by molar-refractivity contribution is -0.245. The SMILES string of the molecule is CCc1coc(CO[C@@H]2[C@H]3OC(C)(CC)O[C@H]3O[C@@H]2[C@H]2COC(C)(CC)O2)c1. The first-order valence-corrected chi connectivity index (χ1v) is 10.4. The van der Waals surface area contributed by atoms with Crippen molar-refractivity contribution in [1.82, 2.24) is 0 Å². The first kappa shape index (κ1) is 20.3. The molecule has 3 aliphatic rings. The Morgan fingerprint density at radius 2 is 1.82 bits per heavy atom. The molecule has 0 saturated carbocycles. The van der Waals surface area contributed by atoms with Crippen LogP contribution in [0.2, 0.25) is 0 Å². The Hall–Kier alpha value is -0.960. The molecule has 7 heteroatoms. The molecule has 0 N–H and O–H groups in total. The van der Waals surface area contributed by atoms with Gasteiger partial charge in [-0.1, -0.05) is 20.8 Å². The highest BCUT2D eigenvalue weighted by Crippen LogP contribution is 2.43. The molecule has 0 radical (unpaired) electrons. The van der Waals surface area contributed by atoms with Crippen LogP contribution in [-0.2, 0) is 41.4 Å². The molecule has 1 aromatic rings. The van der Waals surface area contributed by atoms with Gasteiger partial charge in [0.1, 0.15) is 36.8 Å². The minimum Gasteiger partial charge on any atom is -0.467 e. The fraction of sp³-hybridized carbons (Fsp3) is 0.810. The average molecular weight is 396 g/mol. The third kappa shape index (κ3) is 3.76. The molecule has 3 fully saturated rings. The van der Waals surface area contributed by atoms with Crippen LogP contribution in [0, 0.1) is 0 Å². The summed E-state index contributed by atoms with van der Waals surface area (Å²) in [6.07, 6.45) is 2.52. The third-order valence-corrected chi connectivity index (χ3v) is 6.10. The quantitative estimate of drug-likeness (QED) is 0.698. The van der Waals surface area contributed by atoms with Gasteiger partial charge in [0.2, 0.25) is 0 Å². The number of hydrogen-bond donors (Lipinski definition) is 0. The molecule has 0 amide bonds. The van der Waals surface area contributed by atoms with Crippen molar-refractivity contribution in [2.75, 3.05) is 6.61 Å². The zero-order valence-corrected chi connectivity index (χ0v) is 17.4. The van der Waals surface area contributed by atoms with Crippen molar-refractivity contribution in [2.45, 2.75) is 103 Å². The summed E-state index contributed by atoms with van der Waals surface area (Å²) < 4.78 is 42.4. The van der Waals surface area contributed by atoms with Crippen LogP contribution in [-0.4, -0.2) is 48.9 Å². The molecule has 4 rings (SSSR count). The summed E-state index contributed by atoms with van der Waals surface area (Å²) in [6, 6.07) is 2.02. The second-order valence-corrected chi connectivity index (χ2v) is 8.16. The maximum Gasteiger partial charge on any atom is 0.190 e. The second kappa shape index (κ2) is 7.70. The lowest BCUT2D eigenvalue weighted by Gasteiger charge is -2.30. The smallest absolute Gasteiger partial charge is 0.190 e. The molecule has 0 aromatic carbocycles. The van der Waals surface area contributed by atoms with Crippen LogP contribution in [0.5, 0.6) is 0 Å². The van der Waals surface area contributed by atoms with Gasteiger partial charge in [0.15, 0.2) is 17.9 Å². The molecule has 7 atom stereocenters. The normalized spacial score (nSPS) is 43.0. The summed E-state index contributed by atoms with van der Waals surface area (Å²) in [4.78, 5) is 0. The Morgan fingerprint density at radius 3 is 2.46 bits per heavy atom. The summed E-state index contributed by atoms with van der Waals surface area (Å²) in [5, 5.41) is 0. The molecule has 0 aliphatic carbocycles. The Kier molecular flexibility index (Phi) is 5.59. The molecule has 28 heavy (non-hydrogen) atoms. The molecular formula is C21H32O7. The van der Waals surface area contributed by atoms with Gasteiger partial charge in [0.25, 0.3) is 0 Å². The van der Waals surface area contributed by atoms with Crippen LogP contribution < -0.4 is 0 Å². The molecule has 0 spiro atoms. The van der Waals surface area contributed by atoms with Gasteiger partial charge in [0.05, 0.1) is 12.9 Å². The van der Waals surface area contributed by atoms with Crippen molar-refractivity contribution in [3.63, 3.8) is 0 Å². The van der Waals surface area contributed by atoms with Crippen molar-refractivity contribution >= 4 is 0 Å². The van der Waals surface area contributed by atoms with Gasteiger partial charge >= 0.3 is 0 Å². The number of aryl methyl sites for hydroxylation is 1. The summed E-state index contributed by atoms with van der Waals surface area (Å²) in [6.45, 7) is 10.9. The number of ether oxygens (including phenoxy) is 6. The highest BCUT2D eigenvalue weighted by Gasteiger charge is 2.59. The Labute approximate surface area is 166 Å². The van der Waals surface area contributed by atoms with Crippen molar-refractivity contribution < 1.29 is 32.8 Å². The van der Waals surface area contributed by atoms with Gasteiger partial charge in [-0.2, -0.15) is 0 Å². The second-order valence-electron chi connectivity index (χ2n) is 8.16. The van der Waals surface area contributed by atoms with Crippen molar-refractivity contribution in [2.24, 2.45) is 0 Å². The van der Waals surface area contributed by atoms with E-state index in [1.165, 1.54) is 0 Å². The predicted octanol–water partition coefficient (Wildman–Crippen LogP) is 3.54. The zero-order chi connectivity index (χ0) is 19.9. The lowest BCUT2D eigenvalue weighted by Crippen LogP contribution is -2.44. The molecule has 7 nitrogen and oxygen atoms in total. The highest BCUT2D eigenvalue weighted by atomic mass is 16.8. The molecule has 1 aromatic heterocycles. The van der Waals surface area contributed by atoms with E-state index >= 15 is 0 Å². The van der Waals surface area contributed by atoms with Gasteiger partial charge < -0.3 is 32.8 Å². The molecular weight excluding hydrogens is 364 g/mol. The summed E-state index contributed by atoms with van der Waals surface area (Å²) in [5.74, 6) is -0.460. The minimum absolute atomic E-state index is 0.233. The van der Waals surface area contributed by atoms with Gasteiger partial charge in [0, 0.05) is 0 Å². The van der Waals surface area contributed by atoms with E-state index in [-0.39, 0.29) is 24.4 Å². The van der Waals surface area contributed by atoms with E-state index in [2.05, 4.69) is 6.92 Å². The molecule has 3 saturated heterocycles. The number of furan rings is 1. The lowest BCUT2D eigenvalue weighted by atomic mass is 10.1. The van der Waals surface area contributed by atoms with Gasteiger partial charge in [-0.15, -0.1) is 0 Å². The van der Waals surface area contributed by atoms with E-state index in [1.807, 2.05) is 33.8 Å². The van der Waals surface area contributed by atoms with E-state index in [4.69, 9.17) is 32.8 Å². The van der Waals surface area contributed by atoms with Gasteiger partial charge in [-0.25, -0.2) is 0 Å². The largest absolute Gasteiger partial charge is 0.467 e. The standard InChI is InChI=1S/C21H32O7/c1-6-13-9-14(22-10-13)11-23-17-16(15-12-24-20(4,7-2)26-15)25-19-18(17)27-21(5,8-3)28-19/h9-10,15-19H,6-8,11-12H2,1-5H3/t15-,16-,17+,18-,19-,20?,21?/m1/s1. The molecule has 4 heterocycles. The maximum atomic E-state index is 6.27. The van der Waals surface area contributed by atoms with Crippen LogP contribution in [0.4, 0.5) is 0 Å². The highest BCUT2D eigenvalue weighted by molar-refractivity contribution is 5.12. The molecule has 2 unspecified atom stereocenters. The van der Waals surface area contributed by atoms with E-state index in [9.17, 15) is 0 Å². The van der Waals surface area contributed by atoms with Crippen molar-refractivity contribution in [3.05, 3.63) is 23.7 Å². The maximum absolute atomic E-state index is 6.27. The minimum atomic E-state index is -0.660. The zero-order valence-electron chi connectivity index (χ0n) is 17.4. The monoisotopic (exact) mass is 396 g/mol. The van der Waals surface area contributed by atoms with E-state index in [0.717, 1.165) is 30.6 Å². The van der Waals surface area contributed by atoms with Crippen LogP contribution in [0.1, 0.15) is 58.8 Å². The van der Waals surface area contributed by atoms with Gasteiger partial charge in [-0.3, -0.25) is 0 Å². The van der Waals surface area contributed by atoms with Crippen molar-refractivity contribution in [1.29, 1.82) is 0 Å². The average Bonchev–Trinajstić information content (AvgIpc) is 3.43. The van der Waals surface area contributed by atoms with Gasteiger partial charge in [-0.05, 0) is 44.7 Å². The number of hydrogen-bond acceptors (Lipinski definition) is 7. The van der Waals surface area contributed by atoms with Crippen LogP contribution in [0.3, 0.4) is 0 Å². The molecule has 158 valence electrons. The summed E-state index contributed by atoms with van der Waals surface area (Å²) in [5.41, 5.74) is 1.15. The van der Waals surface area contributed by atoms with E-state index in [1.54, 1.807) is 6.26 Å². The Bertz CT molecular complexity index is 675. The fourth-order valence-corrected chi connectivity index (χ4v) is 3.95. The first-order valence-electron chi connectivity index (χ1n) is 10.4. The Morgan fingerprint density at radius 1 is 1.04 bits per heavy atom. The number of rotatable bonds is 7. The molecule has 3 aliphatic heterocycles. The van der Waals surface area contributed by atoms with Crippen molar-refractivity contribution in [3.8, 4) is 0 Å². The van der Waals surface area contributed by atoms with E-state index in [0.29, 0.717) is 13.2 Å². The fourth-order valence-electron chi connectivity index (χ4n) is 3.95. The molecule has 0 bridgehead atoms. The first-order chi connectivity index (χ1) is 13.4. The summed E-state index contributed by atoms with van der Waals surface area (Å²) >= 11 is 0.